The van der Waals surface area contributed by atoms with Crippen molar-refractivity contribution in [3.63, 3.8) is 0 Å². The molecule has 3 rings (SSSR count). The quantitative estimate of drug-likeness (QED) is 0.657. The van der Waals surface area contributed by atoms with Crippen molar-refractivity contribution in [3.05, 3.63) is 34.4 Å². The van der Waals surface area contributed by atoms with Gasteiger partial charge in [-0.3, -0.25) is 19.7 Å². The lowest BCUT2D eigenvalue weighted by Gasteiger charge is -2.36. The number of carboxylic acid groups (broad SMARTS) is 1. The Bertz CT molecular complexity index is 685. The Labute approximate surface area is 145 Å². The first-order valence-corrected chi connectivity index (χ1v) is 8.47. The Hall–Kier alpha value is -2.64. The molecule has 1 heterocycles. The molecule has 1 saturated heterocycles. The van der Waals surface area contributed by atoms with E-state index >= 15 is 0 Å². The van der Waals surface area contributed by atoms with E-state index in [4.69, 9.17) is 5.11 Å². The van der Waals surface area contributed by atoms with Crippen molar-refractivity contribution in [2.45, 2.75) is 19.3 Å². The first-order valence-electron chi connectivity index (χ1n) is 8.47. The molecule has 134 valence electrons. The summed E-state index contributed by atoms with van der Waals surface area (Å²) in [6.07, 6.45) is 1.60. The monoisotopic (exact) mass is 347 g/mol. The second-order valence-corrected chi connectivity index (χ2v) is 6.60. The van der Waals surface area contributed by atoms with Gasteiger partial charge in [-0.25, -0.2) is 0 Å². The van der Waals surface area contributed by atoms with E-state index < -0.39 is 16.8 Å². The molecule has 2 atom stereocenters. The lowest BCUT2D eigenvalue weighted by molar-refractivity contribution is -0.384. The smallest absolute Gasteiger partial charge is 0.306 e. The van der Waals surface area contributed by atoms with Gasteiger partial charge < -0.3 is 14.9 Å². The molecule has 0 bridgehead atoms. The van der Waals surface area contributed by atoms with Crippen LogP contribution in [0.5, 0.6) is 0 Å². The van der Waals surface area contributed by atoms with Gasteiger partial charge in [-0.1, -0.05) is 12.1 Å². The summed E-state index contributed by atoms with van der Waals surface area (Å²) in [7, 11) is 0. The summed E-state index contributed by atoms with van der Waals surface area (Å²) in [6.45, 7) is 2.07. The van der Waals surface area contributed by atoms with Crippen molar-refractivity contribution >= 4 is 23.3 Å². The van der Waals surface area contributed by atoms with Crippen molar-refractivity contribution in [1.82, 2.24) is 4.90 Å². The molecule has 25 heavy (non-hydrogen) atoms. The summed E-state index contributed by atoms with van der Waals surface area (Å²) < 4.78 is 0. The lowest BCUT2D eigenvalue weighted by Crippen LogP contribution is -2.50. The van der Waals surface area contributed by atoms with Crippen LogP contribution in [0.25, 0.3) is 0 Å². The van der Waals surface area contributed by atoms with E-state index in [0.29, 0.717) is 51.1 Å². The fourth-order valence-corrected chi connectivity index (χ4v) is 3.74. The number of amides is 1. The third-order valence-corrected chi connectivity index (χ3v) is 5.14. The highest BCUT2D eigenvalue weighted by atomic mass is 16.6. The number of benzene rings is 1. The topological polar surface area (TPSA) is 104 Å². The standard InChI is InChI=1S/C17H21N3O5/c21-16(12-5-6-13(11-12)17(22)23)19-9-7-18(8-10-19)14-3-1-2-4-15(14)20(24)25/h1-4,12-13H,5-11H2,(H,22,23)/t12-,13+/m0/s1. The molecule has 0 unspecified atom stereocenters. The van der Waals surface area contributed by atoms with Crippen LogP contribution in [0.2, 0.25) is 0 Å². The Balaban J connectivity index is 1.60. The third kappa shape index (κ3) is 3.57. The van der Waals surface area contributed by atoms with Crippen LogP contribution in [0.15, 0.2) is 24.3 Å². The molecule has 2 fully saturated rings. The van der Waals surface area contributed by atoms with E-state index in [1.807, 2.05) is 4.90 Å². The van der Waals surface area contributed by atoms with Crippen LogP contribution in [0, 0.1) is 22.0 Å². The molecular formula is C17H21N3O5. The number of carboxylic acids is 1. The lowest BCUT2D eigenvalue weighted by atomic mass is 10.0. The van der Waals surface area contributed by atoms with Crippen LogP contribution in [0.4, 0.5) is 11.4 Å². The molecule has 1 aromatic rings. The van der Waals surface area contributed by atoms with Crippen LogP contribution >= 0.6 is 0 Å². The van der Waals surface area contributed by atoms with Gasteiger partial charge in [0, 0.05) is 38.2 Å². The van der Waals surface area contributed by atoms with Crippen LogP contribution in [0.1, 0.15) is 19.3 Å². The Morgan fingerprint density at radius 3 is 2.32 bits per heavy atom. The molecule has 0 aromatic heterocycles. The summed E-state index contributed by atoms with van der Waals surface area (Å²) in [5.74, 6) is -1.43. The highest BCUT2D eigenvalue weighted by Crippen LogP contribution is 2.33. The molecule has 1 aliphatic carbocycles. The van der Waals surface area contributed by atoms with Gasteiger partial charge in [0.15, 0.2) is 0 Å². The van der Waals surface area contributed by atoms with Gasteiger partial charge in [-0.2, -0.15) is 0 Å². The Morgan fingerprint density at radius 1 is 1.08 bits per heavy atom. The van der Waals surface area contributed by atoms with E-state index in [2.05, 4.69) is 0 Å². The number of nitrogens with zero attached hydrogens (tertiary/aromatic N) is 3. The predicted molar refractivity (Wildman–Crippen MR) is 90.4 cm³/mol. The SMILES string of the molecule is O=C(O)[C@@H]1CC[C@H](C(=O)N2CCN(c3ccccc3[N+](=O)[O-])CC2)C1. The largest absolute Gasteiger partial charge is 0.481 e. The van der Waals surface area contributed by atoms with E-state index in [1.54, 1.807) is 23.1 Å². The first-order chi connectivity index (χ1) is 12.0. The molecule has 0 radical (unpaired) electrons. The Kier molecular flexibility index (Phi) is 4.87. The summed E-state index contributed by atoms with van der Waals surface area (Å²) in [5.41, 5.74) is 0.647. The summed E-state index contributed by atoms with van der Waals surface area (Å²) in [6, 6.07) is 6.62. The van der Waals surface area contributed by atoms with Crippen molar-refractivity contribution < 1.29 is 19.6 Å². The van der Waals surface area contributed by atoms with E-state index in [0.717, 1.165) is 0 Å². The highest BCUT2D eigenvalue weighted by molar-refractivity contribution is 5.81. The first kappa shape index (κ1) is 17.2. The predicted octanol–water partition coefficient (Wildman–Crippen LogP) is 1.74. The fourth-order valence-electron chi connectivity index (χ4n) is 3.74. The molecule has 8 nitrogen and oxygen atoms in total. The Morgan fingerprint density at radius 2 is 1.72 bits per heavy atom. The summed E-state index contributed by atoms with van der Waals surface area (Å²) >= 11 is 0. The third-order valence-electron chi connectivity index (χ3n) is 5.14. The van der Waals surface area contributed by atoms with Crippen molar-refractivity contribution in [1.29, 1.82) is 0 Å². The maximum atomic E-state index is 12.6. The van der Waals surface area contributed by atoms with E-state index in [-0.39, 0.29) is 17.5 Å². The number of nitro benzene ring substituents is 1. The molecule has 8 heteroatoms. The van der Waals surface area contributed by atoms with Crippen molar-refractivity contribution in [2.24, 2.45) is 11.8 Å². The van der Waals surface area contributed by atoms with Gasteiger partial charge in [-0.15, -0.1) is 0 Å². The normalized spacial score (nSPS) is 23.5. The molecule has 1 aliphatic heterocycles. The minimum absolute atomic E-state index is 0.0194. The van der Waals surface area contributed by atoms with Gasteiger partial charge in [0.1, 0.15) is 5.69 Å². The van der Waals surface area contributed by atoms with Gasteiger partial charge in [0.05, 0.1) is 10.8 Å². The minimum Gasteiger partial charge on any atom is -0.481 e. The van der Waals surface area contributed by atoms with Gasteiger partial charge in [0.2, 0.25) is 5.91 Å². The molecule has 1 aromatic carbocycles. The van der Waals surface area contributed by atoms with E-state index in [9.17, 15) is 19.7 Å². The van der Waals surface area contributed by atoms with Crippen LogP contribution in [-0.2, 0) is 9.59 Å². The molecule has 1 saturated carbocycles. The number of piperazine rings is 1. The number of carbonyl (C=O) groups excluding carboxylic acids is 1. The number of hydrogen-bond donors (Lipinski definition) is 1. The molecule has 1 amide bonds. The number of hydrogen-bond acceptors (Lipinski definition) is 5. The maximum Gasteiger partial charge on any atom is 0.306 e. The van der Waals surface area contributed by atoms with Crippen LogP contribution in [0.3, 0.4) is 0 Å². The average molecular weight is 347 g/mol. The zero-order valence-corrected chi connectivity index (χ0v) is 13.8. The van der Waals surface area contributed by atoms with Gasteiger partial charge >= 0.3 is 5.97 Å². The zero-order chi connectivity index (χ0) is 18.0. The summed E-state index contributed by atoms with van der Waals surface area (Å²) in [4.78, 5) is 38.1. The summed E-state index contributed by atoms with van der Waals surface area (Å²) in [5, 5.41) is 20.2. The average Bonchev–Trinajstić information content (AvgIpc) is 3.11. The number of nitro groups is 1. The molecule has 1 N–H and O–H groups in total. The second kappa shape index (κ2) is 7.08. The highest BCUT2D eigenvalue weighted by Gasteiger charge is 2.36. The van der Waals surface area contributed by atoms with E-state index in [1.165, 1.54) is 6.07 Å². The number of rotatable bonds is 4. The van der Waals surface area contributed by atoms with Crippen molar-refractivity contribution in [3.8, 4) is 0 Å². The van der Waals surface area contributed by atoms with Gasteiger partial charge in [0.25, 0.3) is 5.69 Å². The molecule has 0 spiro atoms. The van der Waals surface area contributed by atoms with Crippen LogP contribution in [-0.4, -0.2) is 53.0 Å². The minimum atomic E-state index is -0.823. The van der Waals surface area contributed by atoms with Gasteiger partial charge in [-0.05, 0) is 25.3 Å². The van der Waals surface area contributed by atoms with Crippen molar-refractivity contribution in [2.75, 3.05) is 31.1 Å². The number of aliphatic carboxylic acids is 1. The second-order valence-electron chi connectivity index (χ2n) is 6.60. The number of para-hydroxylation sites is 2. The fraction of sp³-hybridized carbons (Fsp3) is 0.529. The number of anilines is 1. The van der Waals surface area contributed by atoms with Crippen LogP contribution < -0.4 is 4.90 Å². The number of carbonyl (C=O) groups is 2. The zero-order valence-electron chi connectivity index (χ0n) is 13.8. The molecule has 2 aliphatic rings. The molecular weight excluding hydrogens is 326 g/mol. The maximum absolute atomic E-state index is 12.6.